The molecule has 0 bridgehead atoms. The number of azide groups is 1. The average molecular weight is 520 g/mol. The number of rotatable bonds is 16. The van der Waals surface area contributed by atoms with E-state index in [0.29, 0.717) is 19.8 Å². The van der Waals surface area contributed by atoms with Gasteiger partial charge in [-0.05, 0) is 59.3 Å². The zero-order valence-corrected chi connectivity index (χ0v) is 22.4. The van der Waals surface area contributed by atoms with Crippen molar-refractivity contribution in [3.63, 3.8) is 0 Å². The second-order valence-corrected chi connectivity index (χ2v) is 9.48. The van der Waals surface area contributed by atoms with Gasteiger partial charge in [-0.1, -0.05) is 66.6 Å². The van der Waals surface area contributed by atoms with Crippen LogP contribution in [-0.4, -0.2) is 52.3 Å². The highest BCUT2D eigenvalue weighted by molar-refractivity contribution is 5.49. The van der Waals surface area contributed by atoms with E-state index >= 15 is 0 Å². The molecular formula is C30H37N3O5. The van der Waals surface area contributed by atoms with Crippen LogP contribution in [0.5, 0.6) is 11.5 Å². The summed E-state index contributed by atoms with van der Waals surface area (Å²) in [5.41, 5.74) is 9.59. The number of benzene rings is 3. The first kappa shape index (κ1) is 29.0. The van der Waals surface area contributed by atoms with Gasteiger partial charge in [0.15, 0.2) is 0 Å². The van der Waals surface area contributed by atoms with Crippen LogP contribution < -0.4 is 9.47 Å². The molecule has 0 aromatic heterocycles. The fraction of sp³-hybridized carbons (Fsp3) is 0.400. The summed E-state index contributed by atoms with van der Waals surface area (Å²) in [6, 6.07) is 25.8. The molecule has 0 saturated heterocycles. The summed E-state index contributed by atoms with van der Waals surface area (Å²) in [6.45, 7) is 3.35. The minimum atomic E-state index is -0.967. The van der Waals surface area contributed by atoms with Gasteiger partial charge in [-0.15, -0.1) is 0 Å². The van der Waals surface area contributed by atoms with E-state index in [1.165, 1.54) is 0 Å². The van der Waals surface area contributed by atoms with Crippen molar-refractivity contribution in [2.45, 2.75) is 25.4 Å². The second kappa shape index (κ2) is 14.4. The predicted octanol–water partition coefficient (Wildman–Crippen LogP) is 6.12. The van der Waals surface area contributed by atoms with Gasteiger partial charge < -0.3 is 24.1 Å². The lowest BCUT2D eigenvalue weighted by Gasteiger charge is -2.39. The van der Waals surface area contributed by atoms with Gasteiger partial charge in [0.05, 0.1) is 34.0 Å². The molecular weight excluding hydrogens is 482 g/mol. The first-order valence-corrected chi connectivity index (χ1v) is 12.7. The van der Waals surface area contributed by atoms with Crippen molar-refractivity contribution in [1.82, 2.24) is 0 Å². The van der Waals surface area contributed by atoms with E-state index in [4.69, 9.17) is 24.5 Å². The highest BCUT2D eigenvalue weighted by Crippen LogP contribution is 2.42. The van der Waals surface area contributed by atoms with Gasteiger partial charge in [0, 0.05) is 23.5 Å². The van der Waals surface area contributed by atoms with Crippen LogP contribution in [0.3, 0.4) is 0 Å². The van der Waals surface area contributed by atoms with Crippen LogP contribution in [0.1, 0.15) is 36.5 Å². The Morgan fingerprint density at radius 3 is 1.84 bits per heavy atom. The third kappa shape index (κ3) is 7.27. The molecule has 8 nitrogen and oxygen atoms in total. The Kier molecular flexibility index (Phi) is 11.0. The van der Waals surface area contributed by atoms with Gasteiger partial charge in [-0.3, -0.25) is 0 Å². The zero-order valence-electron chi connectivity index (χ0n) is 22.4. The lowest BCUT2D eigenvalue weighted by atomic mass is 9.79. The van der Waals surface area contributed by atoms with E-state index in [-0.39, 0.29) is 13.2 Å². The molecule has 0 aliphatic heterocycles. The monoisotopic (exact) mass is 519 g/mol. The van der Waals surface area contributed by atoms with Crippen molar-refractivity contribution < 1.29 is 24.1 Å². The van der Waals surface area contributed by atoms with E-state index < -0.39 is 11.0 Å². The minimum Gasteiger partial charge on any atom is -0.497 e. The summed E-state index contributed by atoms with van der Waals surface area (Å²) in [5, 5.41) is 13.9. The lowest BCUT2D eigenvalue weighted by molar-refractivity contribution is -0.0826. The Labute approximate surface area is 224 Å². The largest absolute Gasteiger partial charge is 0.497 e. The molecule has 0 saturated carbocycles. The molecule has 0 spiro atoms. The number of nitrogens with zero attached hydrogens (tertiary/aromatic N) is 3. The Hall–Kier alpha value is -3.55. The van der Waals surface area contributed by atoms with Crippen LogP contribution in [0.15, 0.2) is 84.0 Å². The molecule has 1 N–H and O–H groups in total. The number of methoxy groups -OCH3 is 2. The van der Waals surface area contributed by atoms with Gasteiger partial charge >= 0.3 is 0 Å². The molecule has 0 aliphatic rings. The number of hydrogen-bond donors (Lipinski definition) is 1. The molecule has 3 rings (SSSR count). The van der Waals surface area contributed by atoms with E-state index in [9.17, 15) is 5.11 Å². The smallest absolute Gasteiger partial charge is 0.143 e. The Morgan fingerprint density at radius 2 is 1.34 bits per heavy atom. The van der Waals surface area contributed by atoms with E-state index in [1.54, 1.807) is 14.2 Å². The van der Waals surface area contributed by atoms with Crippen molar-refractivity contribution in [3.8, 4) is 11.5 Å². The highest BCUT2D eigenvalue weighted by atomic mass is 16.5. The summed E-state index contributed by atoms with van der Waals surface area (Å²) in [6.07, 6.45) is 1.52. The molecule has 3 aromatic carbocycles. The average Bonchev–Trinajstić information content (AvgIpc) is 2.98. The molecule has 0 radical (unpaired) electrons. The quantitative estimate of drug-likeness (QED) is 0.0807. The van der Waals surface area contributed by atoms with Crippen molar-refractivity contribution in [2.75, 3.05) is 47.2 Å². The van der Waals surface area contributed by atoms with E-state index in [2.05, 4.69) is 10.0 Å². The maximum absolute atomic E-state index is 10.4. The molecule has 38 heavy (non-hydrogen) atoms. The van der Waals surface area contributed by atoms with Crippen LogP contribution in [0.2, 0.25) is 0 Å². The summed E-state index contributed by atoms with van der Waals surface area (Å²) in [7, 11) is 3.28. The number of unbranched alkanes of at least 4 members (excludes halogenated alkanes) is 1. The highest BCUT2D eigenvalue weighted by Gasteiger charge is 2.40. The molecule has 0 amide bonds. The van der Waals surface area contributed by atoms with Gasteiger partial charge in [0.2, 0.25) is 0 Å². The van der Waals surface area contributed by atoms with E-state index in [1.807, 2.05) is 85.8 Å². The van der Waals surface area contributed by atoms with Crippen molar-refractivity contribution in [3.05, 3.63) is 106 Å². The van der Waals surface area contributed by atoms with Crippen molar-refractivity contribution in [2.24, 2.45) is 10.5 Å². The molecule has 202 valence electrons. The summed E-state index contributed by atoms with van der Waals surface area (Å²) >= 11 is 0. The Bertz CT molecular complexity index is 1100. The zero-order chi connectivity index (χ0) is 27.3. The molecule has 1 atom stereocenters. The van der Waals surface area contributed by atoms with Gasteiger partial charge in [-0.25, -0.2) is 0 Å². The normalized spacial score (nSPS) is 12.8. The maximum Gasteiger partial charge on any atom is 0.143 e. The fourth-order valence-electron chi connectivity index (χ4n) is 4.24. The number of aliphatic hydroxyl groups is 1. The lowest BCUT2D eigenvalue weighted by Crippen LogP contribution is -2.40. The Morgan fingerprint density at radius 1 is 0.789 bits per heavy atom. The fourth-order valence-corrected chi connectivity index (χ4v) is 4.24. The first-order valence-electron chi connectivity index (χ1n) is 12.7. The maximum atomic E-state index is 10.4. The molecule has 0 heterocycles. The number of hydrogen-bond acceptors (Lipinski definition) is 6. The molecule has 0 aliphatic carbocycles. The Balaban J connectivity index is 1.96. The minimum absolute atomic E-state index is 0.109. The van der Waals surface area contributed by atoms with E-state index in [0.717, 1.165) is 41.0 Å². The van der Waals surface area contributed by atoms with Crippen LogP contribution >= 0.6 is 0 Å². The summed E-state index contributed by atoms with van der Waals surface area (Å²) in [4.78, 5) is 2.77. The topological polar surface area (TPSA) is 106 Å². The second-order valence-electron chi connectivity index (χ2n) is 9.48. The summed E-state index contributed by atoms with van der Waals surface area (Å²) < 4.78 is 23.7. The number of ether oxygens (including phenoxy) is 4. The molecule has 8 heteroatoms. The first-order chi connectivity index (χ1) is 18.5. The van der Waals surface area contributed by atoms with Crippen molar-refractivity contribution >= 4 is 0 Å². The standard InChI is InChI=1S/C30H37N3O5/c1-29(21-34,22-37-20-8-7-19-32-33-31)23-38-30(24-9-5-4-6-10-24,25-11-15-27(35-2)16-12-25)26-13-17-28(36-3)18-14-26/h4-6,9-18,34H,7-8,19-23H2,1-3H3. The van der Waals surface area contributed by atoms with Crippen LogP contribution in [0.25, 0.3) is 10.4 Å². The van der Waals surface area contributed by atoms with Crippen LogP contribution in [0, 0.1) is 5.41 Å². The van der Waals surface area contributed by atoms with Gasteiger partial charge in [0.25, 0.3) is 0 Å². The van der Waals surface area contributed by atoms with Gasteiger partial charge in [0.1, 0.15) is 17.1 Å². The third-order valence-corrected chi connectivity index (χ3v) is 6.50. The van der Waals surface area contributed by atoms with Crippen LogP contribution in [0.4, 0.5) is 0 Å². The summed E-state index contributed by atoms with van der Waals surface area (Å²) in [5.74, 6) is 1.50. The van der Waals surface area contributed by atoms with Crippen LogP contribution in [-0.2, 0) is 15.1 Å². The predicted molar refractivity (Wildman–Crippen MR) is 148 cm³/mol. The molecule has 1 unspecified atom stereocenters. The molecule has 0 fully saturated rings. The third-order valence-electron chi connectivity index (χ3n) is 6.50. The molecule has 3 aromatic rings. The van der Waals surface area contributed by atoms with Gasteiger partial charge in [-0.2, -0.15) is 0 Å². The van der Waals surface area contributed by atoms with Crippen molar-refractivity contribution in [1.29, 1.82) is 0 Å². The SMILES string of the molecule is COc1ccc(C(OCC(C)(CO)COCCCCN=[N+]=[N-])(c2ccccc2)c2ccc(OC)cc2)cc1. The number of aliphatic hydroxyl groups excluding tert-OH is 1.